The second-order valence-electron chi connectivity index (χ2n) is 8.51. The Labute approximate surface area is 178 Å². The number of rotatable bonds is 6. The number of hydrogen-bond acceptors (Lipinski definition) is 6. The van der Waals surface area contributed by atoms with Crippen LogP contribution in [-0.4, -0.2) is 55.0 Å². The molecule has 2 atom stereocenters. The number of fused-ring (bicyclic) bond motifs is 4. The van der Waals surface area contributed by atoms with Gasteiger partial charge in [-0.3, -0.25) is 14.3 Å². The minimum atomic E-state index is -1.27. The summed E-state index contributed by atoms with van der Waals surface area (Å²) in [6.07, 6.45) is 1.50. The molecule has 31 heavy (non-hydrogen) atoms. The number of benzene rings is 1. The van der Waals surface area contributed by atoms with Crippen LogP contribution < -0.4 is 0 Å². The van der Waals surface area contributed by atoms with Gasteiger partial charge in [-0.2, -0.15) is 10.2 Å². The molecule has 1 fully saturated rings. The summed E-state index contributed by atoms with van der Waals surface area (Å²) < 4.78 is 6.63. The Bertz CT molecular complexity index is 1010. The van der Waals surface area contributed by atoms with E-state index < -0.39 is 35.7 Å². The zero-order chi connectivity index (χ0) is 22.3. The lowest BCUT2D eigenvalue weighted by Gasteiger charge is -2.28. The van der Waals surface area contributed by atoms with Crippen LogP contribution in [-0.2, 0) is 32.3 Å². The van der Waals surface area contributed by atoms with Crippen molar-refractivity contribution in [2.75, 3.05) is 6.54 Å². The van der Waals surface area contributed by atoms with Crippen molar-refractivity contribution < 1.29 is 29.1 Å². The average Bonchev–Trinajstić information content (AvgIpc) is 3.21. The standard InChI is InChI=1S/C21H24N4O6/c1-21(2,3)31-16(26)11-24-17-14(9-22-24)15-10-23(18(17)19(27)28)20(29)25(15)30-12-13-7-5-4-6-8-13/h4-9,15,18H,10-12H2,1-3H3,(H,27,28)/t15-,18-/m0/s1. The molecule has 3 heterocycles. The molecule has 1 aromatic carbocycles. The highest BCUT2D eigenvalue weighted by Gasteiger charge is 2.53. The van der Waals surface area contributed by atoms with Crippen LogP contribution in [0.5, 0.6) is 0 Å². The Balaban J connectivity index is 1.62. The van der Waals surface area contributed by atoms with Gasteiger partial charge < -0.3 is 14.7 Å². The fourth-order valence-electron chi connectivity index (χ4n) is 3.89. The average molecular weight is 428 g/mol. The van der Waals surface area contributed by atoms with Crippen LogP contribution in [0.3, 0.4) is 0 Å². The van der Waals surface area contributed by atoms with Gasteiger partial charge in [0, 0.05) is 5.56 Å². The first-order chi connectivity index (χ1) is 14.7. The van der Waals surface area contributed by atoms with Crippen LogP contribution >= 0.6 is 0 Å². The molecule has 164 valence electrons. The van der Waals surface area contributed by atoms with E-state index in [4.69, 9.17) is 9.57 Å². The highest BCUT2D eigenvalue weighted by atomic mass is 16.7. The van der Waals surface area contributed by atoms with Gasteiger partial charge in [0.25, 0.3) is 0 Å². The molecule has 2 bridgehead atoms. The van der Waals surface area contributed by atoms with E-state index >= 15 is 0 Å². The lowest BCUT2D eigenvalue weighted by molar-refractivity contribution is -0.156. The highest BCUT2D eigenvalue weighted by Crippen LogP contribution is 2.44. The third-order valence-electron chi connectivity index (χ3n) is 5.07. The van der Waals surface area contributed by atoms with Crippen molar-refractivity contribution in [2.45, 2.75) is 51.6 Å². The van der Waals surface area contributed by atoms with E-state index in [0.717, 1.165) is 5.56 Å². The van der Waals surface area contributed by atoms with Crippen LogP contribution in [0.4, 0.5) is 4.79 Å². The van der Waals surface area contributed by atoms with Gasteiger partial charge in [-0.25, -0.2) is 9.59 Å². The Morgan fingerprint density at radius 3 is 2.58 bits per heavy atom. The lowest BCUT2D eigenvalue weighted by atomic mass is 9.98. The predicted molar refractivity (Wildman–Crippen MR) is 106 cm³/mol. The van der Waals surface area contributed by atoms with Gasteiger partial charge in [0.15, 0.2) is 6.04 Å². The molecule has 0 spiro atoms. The van der Waals surface area contributed by atoms with Crippen LogP contribution in [0.15, 0.2) is 36.5 Å². The molecule has 10 nitrogen and oxygen atoms in total. The summed E-state index contributed by atoms with van der Waals surface area (Å²) >= 11 is 0. The number of carbonyl (C=O) groups excluding carboxylic acids is 2. The van der Waals surface area contributed by atoms with Crippen molar-refractivity contribution >= 4 is 18.0 Å². The normalized spacial score (nSPS) is 20.0. The van der Waals surface area contributed by atoms with Gasteiger partial charge >= 0.3 is 18.0 Å². The molecule has 1 aromatic heterocycles. The zero-order valence-corrected chi connectivity index (χ0v) is 17.5. The SMILES string of the molecule is CC(C)(C)OC(=O)Cn1ncc2c1[C@@H](C(=O)O)N1C[C@@H]2N(OCc2ccccc2)C1=O. The topological polar surface area (TPSA) is 114 Å². The van der Waals surface area contributed by atoms with Gasteiger partial charge in [0.2, 0.25) is 0 Å². The number of hydroxylamine groups is 2. The first kappa shape index (κ1) is 20.9. The van der Waals surface area contributed by atoms with Crippen molar-refractivity contribution in [1.29, 1.82) is 0 Å². The summed E-state index contributed by atoms with van der Waals surface area (Å²) in [5.41, 5.74) is 1.03. The van der Waals surface area contributed by atoms with Crippen LogP contribution in [0.25, 0.3) is 0 Å². The van der Waals surface area contributed by atoms with E-state index in [2.05, 4.69) is 5.10 Å². The predicted octanol–water partition coefficient (Wildman–Crippen LogP) is 2.27. The van der Waals surface area contributed by atoms with Crippen molar-refractivity contribution in [3.8, 4) is 0 Å². The summed E-state index contributed by atoms with van der Waals surface area (Å²) in [5, 5.41) is 15.3. The van der Waals surface area contributed by atoms with E-state index in [1.807, 2.05) is 30.3 Å². The fraction of sp³-hybridized carbons (Fsp3) is 0.429. The van der Waals surface area contributed by atoms with Crippen LogP contribution in [0, 0.1) is 0 Å². The zero-order valence-electron chi connectivity index (χ0n) is 17.5. The Hall–Kier alpha value is -3.40. The number of urea groups is 1. The van der Waals surface area contributed by atoms with Gasteiger partial charge in [-0.15, -0.1) is 0 Å². The maximum absolute atomic E-state index is 13.0. The quantitative estimate of drug-likeness (QED) is 0.702. The smallest absolute Gasteiger partial charge is 0.345 e. The molecule has 1 N–H and O–H groups in total. The monoisotopic (exact) mass is 428 g/mol. The molecule has 2 aromatic rings. The van der Waals surface area contributed by atoms with E-state index in [-0.39, 0.29) is 25.4 Å². The number of ether oxygens (including phenoxy) is 1. The Kier molecular flexibility index (Phi) is 5.18. The number of hydrogen-bond donors (Lipinski definition) is 1. The maximum Gasteiger partial charge on any atom is 0.345 e. The van der Waals surface area contributed by atoms with Crippen LogP contribution in [0.1, 0.15) is 49.7 Å². The first-order valence-corrected chi connectivity index (χ1v) is 9.92. The highest BCUT2D eigenvalue weighted by molar-refractivity contribution is 5.87. The summed E-state index contributed by atoms with van der Waals surface area (Å²) in [6, 6.07) is 7.04. The summed E-state index contributed by atoms with van der Waals surface area (Å²) in [7, 11) is 0. The number of aromatic nitrogens is 2. The largest absolute Gasteiger partial charge is 0.479 e. The molecule has 10 heteroatoms. The molecule has 2 aliphatic heterocycles. The summed E-state index contributed by atoms with van der Waals surface area (Å²) in [6.45, 7) is 5.31. The van der Waals surface area contributed by atoms with E-state index in [1.54, 1.807) is 20.8 Å². The van der Waals surface area contributed by atoms with Crippen molar-refractivity contribution in [3.05, 3.63) is 53.3 Å². The number of carboxylic acids is 1. The number of esters is 1. The molecule has 0 aliphatic carbocycles. The summed E-state index contributed by atoms with van der Waals surface area (Å²) in [4.78, 5) is 44.4. The first-order valence-electron chi connectivity index (χ1n) is 9.92. The molecular weight excluding hydrogens is 404 g/mol. The molecule has 2 aliphatic rings. The fourth-order valence-corrected chi connectivity index (χ4v) is 3.89. The molecule has 4 rings (SSSR count). The Morgan fingerprint density at radius 1 is 1.23 bits per heavy atom. The molecule has 0 radical (unpaired) electrons. The number of amides is 2. The van der Waals surface area contributed by atoms with E-state index in [1.165, 1.54) is 20.8 Å². The minimum absolute atomic E-state index is 0.162. The second-order valence-corrected chi connectivity index (χ2v) is 8.51. The lowest BCUT2D eigenvalue weighted by Crippen LogP contribution is -2.40. The summed E-state index contributed by atoms with van der Waals surface area (Å²) in [5.74, 6) is -1.75. The molecule has 2 amide bonds. The minimum Gasteiger partial charge on any atom is -0.479 e. The number of nitrogens with zero attached hydrogens (tertiary/aromatic N) is 4. The molecule has 0 saturated carbocycles. The molecule has 1 saturated heterocycles. The van der Waals surface area contributed by atoms with E-state index in [9.17, 15) is 19.5 Å². The van der Waals surface area contributed by atoms with Crippen molar-refractivity contribution in [3.63, 3.8) is 0 Å². The van der Waals surface area contributed by atoms with Gasteiger partial charge in [0.05, 0.1) is 18.4 Å². The number of carbonyl (C=O) groups is 3. The number of carboxylic acid groups (broad SMARTS) is 1. The van der Waals surface area contributed by atoms with Gasteiger partial charge in [0.1, 0.15) is 24.8 Å². The van der Waals surface area contributed by atoms with Gasteiger partial charge in [-0.05, 0) is 26.3 Å². The second kappa shape index (κ2) is 7.69. The maximum atomic E-state index is 13.0. The van der Waals surface area contributed by atoms with E-state index in [0.29, 0.717) is 5.56 Å². The van der Waals surface area contributed by atoms with Crippen molar-refractivity contribution in [2.24, 2.45) is 0 Å². The molecule has 0 unspecified atom stereocenters. The van der Waals surface area contributed by atoms with Crippen LogP contribution in [0.2, 0.25) is 0 Å². The van der Waals surface area contributed by atoms with Crippen molar-refractivity contribution in [1.82, 2.24) is 19.7 Å². The van der Waals surface area contributed by atoms with Gasteiger partial charge in [-0.1, -0.05) is 30.3 Å². The Morgan fingerprint density at radius 2 is 1.94 bits per heavy atom. The molecular formula is C21H24N4O6. The third-order valence-corrected chi connectivity index (χ3v) is 5.07. The number of aliphatic carboxylic acids is 1. The third kappa shape index (κ3) is 3.98.